The quantitative estimate of drug-likeness (QED) is 0.353. The van der Waals surface area contributed by atoms with Gasteiger partial charge in [-0.3, -0.25) is 4.79 Å². The van der Waals surface area contributed by atoms with E-state index in [9.17, 15) is 14.7 Å². The highest BCUT2D eigenvalue weighted by atomic mass is 79.9. The first-order valence-electron chi connectivity index (χ1n) is 10.7. The number of nitrogens with one attached hydrogen (secondary N) is 1. The zero-order valence-corrected chi connectivity index (χ0v) is 20.9. The van der Waals surface area contributed by atoms with Crippen LogP contribution in [0.1, 0.15) is 67.5 Å². The maximum absolute atomic E-state index is 12.6. The van der Waals surface area contributed by atoms with E-state index in [4.69, 9.17) is 0 Å². The second-order valence-corrected chi connectivity index (χ2v) is 9.42. The van der Waals surface area contributed by atoms with Crippen molar-refractivity contribution in [2.45, 2.75) is 59.5 Å². The van der Waals surface area contributed by atoms with Crippen LogP contribution in [0.4, 0.5) is 0 Å². The van der Waals surface area contributed by atoms with Crippen molar-refractivity contribution in [3.63, 3.8) is 0 Å². The minimum Gasteiger partial charge on any atom is -0.478 e. The summed E-state index contributed by atoms with van der Waals surface area (Å²) in [5.41, 5.74) is 2.13. The van der Waals surface area contributed by atoms with Gasteiger partial charge in [-0.15, -0.1) is 0 Å². The first-order chi connectivity index (χ1) is 14.8. The van der Waals surface area contributed by atoms with E-state index in [0.29, 0.717) is 29.2 Å². The molecule has 2 N–H and O–H groups in total. The SMILES string of the molecule is CCCCc1ncc(CNC(=O)[C@@H](CS)CC(C)C)n1Cc1ccc(C(=O)O)c(Br)c1. The Bertz CT molecular complexity index is 898. The fourth-order valence-corrected chi connectivity index (χ4v) is 4.40. The van der Waals surface area contributed by atoms with Crippen molar-refractivity contribution < 1.29 is 14.7 Å². The standard InChI is InChI=1S/C23H32BrN3O3S/c1-4-5-6-21-25-11-18(12-26-22(28)17(14-31)9-15(2)3)27(21)13-16-7-8-19(23(29)30)20(24)10-16/h7-8,10-11,15,17,31H,4-6,9,12-14H2,1-3H3,(H,26,28)(H,29,30)/t17-/m1/s1. The number of carbonyl (C=O) groups excluding carboxylic acids is 1. The Morgan fingerprint density at radius 2 is 2.06 bits per heavy atom. The van der Waals surface area contributed by atoms with Crippen molar-refractivity contribution in [3.05, 3.63) is 51.5 Å². The lowest BCUT2D eigenvalue weighted by Gasteiger charge is -2.18. The van der Waals surface area contributed by atoms with Crippen LogP contribution in [0.15, 0.2) is 28.9 Å². The zero-order chi connectivity index (χ0) is 23.0. The van der Waals surface area contributed by atoms with E-state index in [2.05, 4.69) is 64.2 Å². The lowest BCUT2D eigenvalue weighted by molar-refractivity contribution is -0.124. The van der Waals surface area contributed by atoms with Crippen LogP contribution in [0.3, 0.4) is 0 Å². The number of unbranched alkanes of at least 4 members (excludes halogenated alkanes) is 1. The van der Waals surface area contributed by atoms with E-state index in [1.807, 2.05) is 18.3 Å². The molecule has 1 heterocycles. The van der Waals surface area contributed by atoms with Gasteiger partial charge in [0.15, 0.2) is 0 Å². The van der Waals surface area contributed by atoms with Gasteiger partial charge in [-0.05, 0) is 52.4 Å². The molecular formula is C23H32BrN3O3S. The maximum atomic E-state index is 12.6. The minimum absolute atomic E-state index is 0.0140. The largest absolute Gasteiger partial charge is 0.478 e. The van der Waals surface area contributed by atoms with Crippen LogP contribution in [-0.4, -0.2) is 32.3 Å². The summed E-state index contributed by atoms with van der Waals surface area (Å²) in [5, 5.41) is 12.3. The number of carboxylic acids is 1. The van der Waals surface area contributed by atoms with Gasteiger partial charge in [0.2, 0.25) is 5.91 Å². The Kier molecular flexibility index (Phi) is 10.1. The molecule has 31 heavy (non-hydrogen) atoms. The van der Waals surface area contributed by atoms with Crippen LogP contribution in [-0.2, 0) is 24.3 Å². The molecule has 0 bridgehead atoms. The molecule has 0 saturated heterocycles. The van der Waals surface area contributed by atoms with Gasteiger partial charge in [-0.1, -0.05) is 33.3 Å². The van der Waals surface area contributed by atoms with Crippen LogP contribution in [0.25, 0.3) is 0 Å². The second kappa shape index (κ2) is 12.3. The highest BCUT2D eigenvalue weighted by Gasteiger charge is 2.19. The highest BCUT2D eigenvalue weighted by Crippen LogP contribution is 2.21. The third-order valence-electron chi connectivity index (χ3n) is 5.17. The van der Waals surface area contributed by atoms with Gasteiger partial charge in [0.25, 0.3) is 0 Å². The number of benzene rings is 1. The second-order valence-electron chi connectivity index (χ2n) is 8.20. The van der Waals surface area contributed by atoms with Crippen LogP contribution < -0.4 is 5.32 Å². The fourth-order valence-electron chi connectivity index (χ4n) is 3.49. The van der Waals surface area contributed by atoms with Crippen LogP contribution in [0, 0.1) is 11.8 Å². The van der Waals surface area contributed by atoms with Crippen molar-refractivity contribution in [2.24, 2.45) is 11.8 Å². The summed E-state index contributed by atoms with van der Waals surface area (Å²) in [7, 11) is 0. The number of hydrogen-bond donors (Lipinski definition) is 3. The maximum Gasteiger partial charge on any atom is 0.336 e. The first-order valence-corrected chi connectivity index (χ1v) is 12.1. The number of aromatic nitrogens is 2. The molecule has 0 unspecified atom stereocenters. The number of thiol groups is 1. The van der Waals surface area contributed by atoms with Crippen molar-refractivity contribution in [1.29, 1.82) is 0 Å². The molecule has 2 rings (SSSR count). The molecule has 0 aliphatic rings. The summed E-state index contributed by atoms with van der Waals surface area (Å²) in [6.07, 6.45) is 5.58. The molecule has 0 fully saturated rings. The molecule has 6 nitrogen and oxygen atoms in total. The third-order valence-corrected chi connectivity index (χ3v) is 6.27. The number of rotatable bonds is 12. The Hall–Kier alpha value is -1.80. The van der Waals surface area contributed by atoms with Gasteiger partial charge in [-0.25, -0.2) is 9.78 Å². The Morgan fingerprint density at radius 1 is 1.32 bits per heavy atom. The first kappa shape index (κ1) is 25.5. The van der Waals surface area contributed by atoms with Gasteiger partial charge in [-0.2, -0.15) is 12.6 Å². The smallest absolute Gasteiger partial charge is 0.336 e. The molecule has 170 valence electrons. The van der Waals surface area contributed by atoms with Crippen molar-refractivity contribution >= 4 is 40.4 Å². The molecule has 1 aromatic carbocycles. The fraction of sp³-hybridized carbons (Fsp3) is 0.522. The number of imidazole rings is 1. The molecule has 0 radical (unpaired) electrons. The summed E-state index contributed by atoms with van der Waals surface area (Å²) < 4.78 is 2.67. The number of carbonyl (C=O) groups is 2. The number of halogens is 1. The van der Waals surface area contributed by atoms with Gasteiger partial charge in [0.05, 0.1) is 24.0 Å². The summed E-state index contributed by atoms with van der Waals surface area (Å²) in [6, 6.07) is 5.25. The predicted octanol–water partition coefficient (Wildman–Crippen LogP) is 4.94. The summed E-state index contributed by atoms with van der Waals surface area (Å²) >= 11 is 7.70. The van der Waals surface area contributed by atoms with E-state index in [-0.39, 0.29) is 17.4 Å². The molecule has 2 aromatic rings. The van der Waals surface area contributed by atoms with Gasteiger partial charge < -0.3 is 15.0 Å². The number of carboxylic acid groups (broad SMARTS) is 1. The number of nitrogens with zero attached hydrogens (tertiary/aromatic N) is 2. The van der Waals surface area contributed by atoms with E-state index in [1.165, 1.54) is 0 Å². The summed E-state index contributed by atoms with van der Waals surface area (Å²) in [6.45, 7) is 7.31. The third kappa shape index (κ3) is 7.38. The van der Waals surface area contributed by atoms with E-state index < -0.39 is 5.97 Å². The van der Waals surface area contributed by atoms with Crippen LogP contribution in [0.2, 0.25) is 0 Å². The molecule has 0 spiro atoms. The number of amides is 1. The normalized spacial score (nSPS) is 12.2. The summed E-state index contributed by atoms with van der Waals surface area (Å²) in [4.78, 5) is 28.5. The van der Waals surface area contributed by atoms with E-state index >= 15 is 0 Å². The minimum atomic E-state index is -0.965. The molecule has 1 atom stereocenters. The predicted molar refractivity (Wildman–Crippen MR) is 130 cm³/mol. The average molecular weight is 510 g/mol. The molecule has 0 aliphatic heterocycles. The van der Waals surface area contributed by atoms with Crippen molar-refractivity contribution in [2.75, 3.05) is 5.75 Å². The van der Waals surface area contributed by atoms with Crippen LogP contribution in [0.5, 0.6) is 0 Å². The molecule has 1 aromatic heterocycles. The Morgan fingerprint density at radius 3 is 2.65 bits per heavy atom. The number of aryl methyl sites for hydroxylation is 1. The molecule has 0 saturated carbocycles. The van der Waals surface area contributed by atoms with Gasteiger partial charge in [0, 0.05) is 29.1 Å². The molecular weight excluding hydrogens is 478 g/mol. The Labute approximate surface area is 198 Å². The molecule has 0 aliphatic carbocycles. The van der Waals surface area contributed by atoms with Crippen LogP contribution >= 0.6 is 28.6 Å². The lowest BCUT2D eigenvalue weighted by Crippen LogP contribution is -2.32. The number of hydrogen-bond acceptors (Lipinski definition) is 4. The highest BCUT2D eigenvalue weighted by molar-refractivity contribution is 9.10. The van der Waals surface area contributed by atoms with Crippen molar-refractivity contribution in [3.8, 4) is 0 Å². The molecule has 8 heteroatoms. The van der Waals surface area contributed by atoms with E-state index in [0.717, 1.165) is 42.8 Å². The molecule has 1 amide bonds. The monoisotopic (exact) mass is 509 g/mol. The summed E-state index contributed by atoms with van der Waals surface area (Å²) in [5.74, 6) is 0.862. The number of aromatic carboxylic acids is 1. The zero-order valence-electron chi connectivity index (χ0n) is 18.4. The van der Waals surface area contributed by atoms with Crippen molar-refractivity contribution in [1.82, 2.24) is 14.9 Å². The van der Waals surface area contributed by atoms with Gasteiger partial charge >= 0.3 is 5.97 Å². The lowest BCUT2D eigenvalue weighted by atomic mass is 9.98. The Balaban J connectivity index is 2.21. The topological polar surface area (TPSA) is 84.2 Å². The van der Waals surface area contributed by atoms with Gasteiger partial charge in [0.1, 0.15) is 5.82 Å². The van der Waals surface area contributed by atoms with E-state index in [1.54, 1.807) is 6.07 Å². The average Bonchev–Trinajstić information content (AvgIpc) is 3.09.